The molecule has 0 aliphatic carbocycles. The van der Waals surface area contributed by atoms with E-state index in [-0.39, 0.29) is 0 Å². The van der Waals surface area contributed by atoms with Crippen LogP contribution in [0.25, 0.3) is 17.3 Å². The van der Waals surface area contributed by atoms with Crippen molar-refractivity contribution in [3.05, 3.63) is 30.2 Å². The quantitative estimate of drug-likeness (QED) is 0.631. The van der Waals surface area contributed by atoms with Crippen LogP contribution in [-0.4, -0.2) is 29.8 Å². The fourth-order valence-corrected chi connectivity index (χ4v) is 1.46. The molecule has 1 N–H and O–H groups in total. The SMILES string of the molecule is Cc1cc2[nH]nc(-c3ncccn3)n2n1. The van der Waals surface area contributed by atoms with E-state index in [4.69, 9.17) is 0 Å². The Hall–Kier alpha value is -2.24. The van der Waals surface area contributed by atoms with Gasteiger partial charge in [0.1, 0.15) is 0 Å². The van der Waals surface area contributed by atoms with Crippen LogP contribution in [0.4, 0.5) is 0 Å². The van der Waals surface area contributed by atoms with Gasteiger partial charge in [0.15, 0.2) is 11.5 Å². The van der Waals surface area contributed by atoms with Crippen molar-refractivity contribution in [2.45, 2.75) is 6.92 Å². The second-order valence-electron chi connectivity index (χ2n) is 3.20. The van der Waals surface area contributed by atoms with E-state index in [1.165, 1.54) is 0 Å². The molecule has 0 amide bonds. The van der Waals surface area contributed by atoms with Gasteiger partial charge in [-0.1, -0.05) is 0 Å². The Morgan fingerprint density at radius 1 is 1.27 bits per heavy atom. The minimum Gasteiger partial charge on any atom is -0.259 e. The lowest BCUT2D eigenvalue weighted by Gasteiger charge is -1.92. The Kier molecular flexibility index (Phi) is 1.55. The number of hydrogen-bond acceptors (Lipinski definition) is 4. The molecule has 0 spiro atoms. The van der Waals surface area contributed by atoms with E-state index in [0.717, 1.165) is 11.3 Å². The zero-order valence-electron chi connectivity index (χ0n) is 8.05. The maximum absolute atomic E-state index is 4.29. The molecule has 3 rings (SSSR count). The number of aromatic amines is 1. The fraction of sp³-hybridized carbons (Fsp3) is 0.111. The molecule has 6 nitrogen and oxygen atoms in total. The molecule has 0 aromatic carbocycles. The van der Waals surface area contributed by atoms with Crippen molar-refractivity contribution in [3.8, 4) is 11.6 Å². The molecule has 0 bridgehead atoms. The topological polar surface area (TPSA) is 71.8 Å². The number of H-pyrrole nitrogens is 1. The van der Waals surface area contributed by atoms with Gasteiger partial charge in [-0.15, -0.1) is 5.10 Å². The third-order valence-corrected chi connectivity index (χ3v) is 2.07. The van der Waals surface area contributed by atoms with Crippen LogP contribution in [0.1, 0.15) is 5.69 Å². The van der Waals surface area contributed by atoms with Crippen LogP contribution < -0.4 is 0 Å². The summed E-state index contributed by atoms with van der Waals surface area (Å²) in [6, 6.07) is 3.68. The van der Waals surface area contributed by atoms with E-state index >= 15 is 0 Å². The van der Waals surface area contributed by atoms with Crippen LogP contribution in [0.15, 0.2) is 24.5 Å². The summed E-state index contributed by atoms with van der Waals surface area (Å²) >= 11 is 0. The Morgan fingerprint density at radius 2 is 2.07 bits per heavy atom. The molecule has 0 fully saturated rings. The van der Waals surface area contributed by atoms with E-state index in [9.17, 15) is 0 Å². The molecule has 6 heteroatoms. The minimum absolute atomic E-state index is 0.562. The predicted molar refractivity (Wildman–Crippen MR) is 53.1 cm³/mol. The molecule has 74 valence electrons. The number of aromatic nitrogens is 6. The summed E-state index contributed by atoms with van der Waals surface area (Å²) in [4.78, 5) is 8.25. The number of aryl methyl sites for hydroxylation is 1. The van der Waals surface area contributed by atoms with Crippen LogP contribution in [0.2, 0.25) is 0 Å². The summed E-state index contributed by atoms with van der Waals surface area (Å²) in [5.74, 6) is 1.19. The van der Waals surface area contributed by atoms with E-state index in [1.54, 1.807) is 23.0 Å². The van der Waals surface area contributed by atoms with Crippen molar-refractivity contribution < 1.29 is 0 Å². The Bertz CT molecular complexity index is 593. The zero-order valence-corrected chi connectivity index (χ0v) is 8.05. The van der Waals surface area contributed by atoms with Crippen LogP contribution in [0.3, 0.4) is 0 Å². The Labute approximate surface area is 85.0 Å². The summed E-state index contributed by atoms with van der Waals surface area (Å²) in [5.41, 5.74) is 1.77. The van der Waals surface area contributed by atoms with Gasteiger partial charge in [-0.05, 0) is 13.0 Å². The van der Waals surface area contributed by atoms with Crippen molar-refractivity contribution in [2.24, 2.45) is 0 Å². The lowest BCUT2D eigenvalue weighted by Crippen LogP contribution is -1.94. The number of nitrogens with one attached hydrogen (secondary N) is 1. The second-order valence-corrected chi connectivity index (χ2v) is 3.20. The highest BCUT2D eigenvalue weighted by molar-refractivity contribution is 5.51. The summed E-state index contributed by atoms with van der Waals surface area (Å²) in [7, 11) is 0. The molecule has 0 atom stereocenters. The van der Waals surface area contributed by atoms with Gasteiger partial charge in [-0.2, -0.15) is 9.61 Å². The highest BCUT2D eigenvalue weighted by Crippen LogP contribution is 2.12. The van der Waals surface area contributed by atoms with Gasteiger partial charge in [0.2, 0.25) is 5.82 Å². The average molecular weight is 200 g/mol. The molecule has 0 aliphatic rings. The molecular formula is C9H8N6. The summed E-state index contributed by atoms with van der Waals surface area (Å²) in [6.45, 7) is 1.93. The van der Waals surface area contributed by atoms with Gasteiger partial charge in [0, 0.05) is 18.5 Å². The maximum atomic E-state index is 4.29. The predicted octanol–water partition coefficient (Wildman–Crippen LogP) is 0.823. The van der Waals surface area contributed by atoms with Crippen molar-refractivity contribution in [1.82, 2.24) is 29.8 Å². The second kappa shape index (κ2) is 2.88. The first-order valence-corrected chi connectivity index (χ1v) is 4.53. The summed E-state index contributed by atoms with van der Waals surface area (Å²) in [5, 5.41) is 11.3. The lowest BCUT2D eigenvalue weighted by atomic mass is 10.5. The fourth-order valence-electron chi connectivity index (χ4n) is 1.46. The van der Waals surface area contributed by atoms with E-state index in [0.29, 0.717) is 11.6 Å². The standard InChI is InChI=1S/C9H8N6/c1-6-5-7-12-13-9(15(7)14-6)8-10-3-2-4-11-8/h2-5,12H,1H3. The largest absolute Gasteiger partial charge is 0.259 e. The van der Waals surface area contributed by atoms with Crippen molar-refractivity contribution in [1.29, 1.82) is 0 Å². The first-order valence-electron chi connectivity index (χ1n) is 4.53. The minimum atomic E-state index is 0.562. The lowest BCUT2D eigenvalue weighted by molar-refractivity contribution is 0.920. The van der Waals surface area contributed by atoms with Crippen LogP contribution in [0.5, 0.6) is 0 Å². The molecule has 3 aromatic heterocycles. The van der Waals surface area contributed by atoms with E-state index in [1.807, 2.05) is 13.0 Å². The third-order valence-electron chi connectivity index (χ3n) is 2.07. The van der Waals surface area contributed by atoms with Crippen LogP contribution >= 0.6 is 0 Å². The normalized spacial score (nSPS) is 11.0. The van der Waals surface area contributed by atoms with Crippen LogP contribution in [-0.2, 0) is 0 Å². The summed E-state index contributed by atoms with van der Waals surface area (Å²) in [6.07, 6.45) is 3.36. The highest BCUT2D eigenvalue weighted by atomic mass is 15.4. The molecule has 0 saturated heterocycles. The van der Waals surface area contributed by atoms with Crippen molar-refractivity contribution in [2.75, 3.05) is 0 Å². The monoisotopic (exact) mass is 200 g/mol. The number of hydrogen-bond donors (Lipinski definition) is 1. The van der Waals surface area contributed by atoms with E-state index < -0.39 is 0 Å². The molecule has 0 aliphatic heterocycles. The molecule has 3 heterocycles. The van der Waals surface area contributed by atoms with Crippen LogP contribution in [0, 0.1) is 6.92 Å². The van der Waals surface area contributed by atoms with Crippen molar-refractivity contribution >= 4 is 5.65 Å². The number of rotatable bonds is 1. The van der Waals surface area contributed by atoms with Gasteiger partial charge < -0.3 is 0 Å². The zero-order chi connectivity index (χ0) is 10.3. The van der Waals surface area contributed by atoms with Gasteiger partial charge in [0.25, 0.3) is 0 Å². The third kappa shape index (κ3) is 1.18. The van der Waals surface area contributed by atoms with Crippen molar-refractivity contribution in [3.63, 3.8) is 0 Å². The highest BCUT2D eigenvalue weighted by Gasteiger charge is 2.11. The van der Waals surface area contributed by atoms with Gasteiger partial charge in [-0.3, -0.25) is 5.10 Å². The average Bonchev–Trinajstić information content (AvgIpc) is 2.77. The molecule has 3 aromatic rings. The number of nitrogens with zero attached hydrogens (tertiary/aromatic N) is 5. The molecular weight excluding hydrogens is 192 g/mol. The molecule has 0 radical (unpaired) electrons. The molecule has 0 unspecified atom stereocenters. The van der Waals surface area contributed by atoms with Gasteiger partial charge in [-0.25, -0.2) is 9.97 Å². The van der Waals surface area contributed by atoms with Gasteiger partial charge >= 0.3 is 0 Å². The Balaban J connectivity index is 2.27. The molecule has 15 heavy (non-hydrogen) atoms. The Morgan fingerprint density at radius 3 is 2.87 bits per heavy atom. The van der Waals surface area contributed by atoms with Gasteiger partial charge in [0.05, 0.1) is 5.69 Å². The first kappa shape index (κ1) is 8.10. The first-order chi connectivity index (χ1) is 7.34. The molecule has 0 saturated carbocycles. The van der Waals surface area contributed by atoms with E-state index in [2.05, 4.69) is 25.3 Å². The number of fused-ring (bicyclic) bond motifs is 1. The maximum Gasteiger partial charge on any atom is 0.220 e. The summed E-state index contributed by atoms with van der Waals surface area (Å²) < 4.78 is 1.70. The smallest absolute Gasteiger partial charge is 0.220 e.